The standard InChI is InChI=1S/C33H26ClN3O5S/c1-3-41-27-18-21(10-16-26(27)42-33(40)30-29(34)25-15-9-20(2)17-28(25)43-30)19-35-37-32(39)23-11-13-24(14-12-23)36-31(38)22-7-5-4-6-8-22/h4-19H,3H2,1-2H3,(H,36,38)(H,37,39)/b35-19-. The van der Waals surface area contributed by atoms with Gasteiger partial charge in [-0.15, -0.1) is 11.3 Å². The Labute approximate surface area is 256 Å². The number of esters is 1. The van der Waals surface area contributed by atoms with E-state index < -0.39 is 11.9 Å². The molecule has 0 bridgehead atoms. The molecule has 5 aromatic rings. The zero-order valence-electron chi connectivity index (χ0n) is 23.2. The smallest absolute Gasteiger partial charge is 0.355 e. The molecule has 0 saturated carbocycles. The van der Waals surface area contributed by atoms with Crippen LogP contribution in [-0.4, -0.2) is 30.6 Å². The number of hydrazone groups is 1. The van der Waals surface area contributed by atoms with Crippen LogP contribution in [0.5, 0.6) is 11.5 Å². The van der Waals surface area contributed by atoms with Gasteiger partial charge < -0.3 is 14.8 Å². The number of carbonyl (C=O) groups is 3. The second kappa shape index (κ2) is 13.3. The fraction of sp³-hybridized carbons (Fsp3) is 0.0909. The molecule has 0 aliphatic heterocycles. The predicted molar refractivity (Wildman–Crippen MR) is 170 cm³/mol. The van der Waals surface area contributed by atoms with Crippen molar-refractivity contribution in [3.8, 4) is 11.5 Å². The molecular formula is C33H26ClN3O5S. The minimum absolute atomic E-state index is 0.234. The molecule has 0 saturated heterocycles. The molecular weight excluding hydrogens is 586 g/mol. The third-order valence-corrected chi connectivity index (χ3v) is 7.90. The summed E-state index contributed by atoms with van der Waals surface area (Å²) in [6.45, 7) is 4.13. The molecule has 0 fully saturated rings. The van der Waals surface area contributed by atoms with E-state index in [1.54, 1.807) is 66.7 Å². The van der Waals surface area contributed by atoms with Crippen LogP contribution in [0.2, 0.25) is 5.02 Å². The predicted octanol–water partition coefficient (Wildman–Crippen LogP) is 7.50. The molecule has 10 heteroatoms. The second-order valence-electron chi connectivity index (χ2n) is 9.37. The summed E-state index contributed by atoms with van der Waals surface area (Å²) in [6, 6.07) is 26.0. The number of ether oxygens (including phenoxy) is 2. The van der Waals surface area contributed by atoms with Crippen molar-refractivity contribution in [2.24, 2.45) is 5.10 Å². The van der Waals surface area contributed by atoms with Gasteiger partial charge in [-0.1, -0.05) is 41.9 Å². The highest BCUT2D eigenvalue weighted by molar-refractivity contribution is 7.21. The highest BCUT2D eigenvalue weighted by Crippen LogP contribution is 2.37. The van der Waals surface area contributed by atoms with Gasteiger partial charge in [-0.05, 0) is 85.6 Å². The maximum Gasteiger partial charge on any atom is 0.355 e. The summed E-state index contributed by atoms with van der Waals surface area (Å²) < 4.78 is 12.3. The van der Waals surface area contributed by atoms with Crippen LogP contribution in [0.25, 0.3) is 10.1 Å². The van der Waals surface area contributed by atoms with Crippen molar-refractivity contribution < 1.29 is 23.9 Å². The van der Waals surface area contributed by atoms with Gasteiger partial charge in [0, 0.05) is 26.9 Å². The monoisotopic (exact) mass is 611 g/mol. The van der Waals surface area contributed by atoms with E-state index >= 15 is 0 Å². The average Bonchev–Trinajstić information content (AvgIpc) is 3.34. The number of hydrogen-bond donors (Lipinski definition) is 2. The zero-order valence-corrected chi connectivity index (χ0v) is 24.8. The van der Waals surface area contributed by atoms with Crippen LogP contribution in [0, 0.1) is 6.92 Å². The number of nitrogens with one attached hydrogen (secondary N) is 2. The van der Waals surface area contributed by atoms with E-state index in [-0.39, 0.29) is 11.7 Å². The Morgan fingerprint density at radius 1 is 0.884 bits per heavy atom. The molecule has 2 amide bonds. The lowest BCUT2D eigenvalue weighted by Crippen LogP contribution is -2.18. The summed E-state index contributed by atoms with van der Waals surface area (Å²) in [5.74, 6) is -0.676. The number of aryl methyl sites for hydroxylation is 1. The van der Waals surface area contributed by atoms with Crippen LogP contribution in [-0.2, 0) is 0 Å². The summed E-state index contributed by atoms with van der Waals surface area (Å²) in [5.41, 5.74) is 5.61. The van der Waals surface area contributed by atoms with Crippen molar-refractivity contribution in [2.75, 3.05) is 11.9 Å². The third-order valence-electron chi connectivity index (χ3n) is 6.26. The Hall–Kier alpha value is -4.99. The van der Waals surface area contributed by atoms with E-state index in [1.165, 1.54) is 17.6 Å². The lowest BCUT2D eigenvalue weighted by Gasteiger charge is -2.11. The Kier molecular flexibility index (Phi) is 9.14. The normalized spacial score (nSPS) is 11.0. The lowest BCUT2D eigenvalue weighted by molar-refractivity contribution is 0.0733. The van der Waals surface area contributed by atoms with Gasteiger partial charge in [0.25, 0.3) is 11.8 Å². The molecule has 0 unspecified atom stereocenters. The molecule has 1 heterocycles. The molecule has 0 aliphatic rings. The number of hydrogen-bond acceptors (Lipinski definition) is 7. The van der Waals surface area contributed by atoms with Gasteiger partial charge in [0.05, 0.1) is 17.8 Å². The maximum absolute atomic E-state index is 13.0. The van der Waals surface area contributed by atoms with Crippen LogP contribution < -0.4 is 20.2 Å². The molecule has 5 rings (SSSR count). The van der Waals surface area contributed by atoms with Gasteiger partial charge in [0.1, 0.15) is 4.88 Å². The van der Waals surface area contributed by atoms with Gasteiger partial charge in [0.2, 0.25) is 0 Å². The maximum atomic E-state index is 13.0. The first-order chi connectivity index (χ1) is 20.8. The summed E-state index contributed by atoms with van der Waals surface area (Å²) in [6.07, 6.45) is 1.45. The molecule has 0 atom stereocenters. The second-order valence-corrected chi connectivity index (χ2v) is 10.8. The molecule has 8 nitrogen and oxygen atoms in total. The van der Waals surface area contributed by atoms with Gasteiger partial charge in [-0.25, -0.2) is 10.2 Å². The number of thiophene rings is 1. The van der Waals surface area contributed by atoms with Crippen molar-refractivity contribution in [1.29, 1.82) is 0 Å². The Morgan fingerprint density at radius 3 is 2.37 bits per heavy atom. The van der Waals surface area contributed by atoms with Crippen LogP contribution in [0.1, 0.15) is 48.4 Å². The van der Waals surface area contributed by atoms with Gasteiger partial charge in [-0.3, -0.25) is 9.59 Å². The number of benzene rings is 4. The van der Waals surface area contributed by atoms with Crippen molar-refractivity contribution in [1.82, 2.24) is 5.43 Å². The molecule has 0 aliphatic carbocycles. The first-order valence-corrected chi connectivity index (χ1v) is 14.5. The van der Waals surface area contributed by atoms with Crippen LogP contribution in [0.3, 0.4) is 0 Å². The summed E-state index contributed by atoms with van der Waals surface area (Å²) in [4.78, 5) is 38.2. The number of carbonyl (C=O) groups excluding carboxylic acids is 3. The van der Waals surface area contributed by atoms with Crippen LogP contribution >= 0.6 is 22.9 Å². The van der Waals surface area contributed by atoms with Crippen molar-refractivity contribution in [3.05, 3.63) is 123 Å². The summed E-state index contributed by atoms with van der Waals surface area (Å²) in [7, 11) is 0. The van der Waals surface area contributed by atoms with E-state index in [9.17, 15) is 14.4 Å². The van der Waals surface area contributed by atoms with Gasteiger partial charge >= 0.3 is 5.97 Å². The van der Waals surface area contributed by atoms with Crippen molar-refractivity contribution in [2.45, 2.75) is 13.8 Å². The topological polar surface area (TPSA) is 106 Å². The SMILES string of the molecule is CCOc1cc(/C=N\NC(=O)c2ccc(NC(=O)c3ccccc3)cc2)ccc1OC(=O)c1sc2cc(C)ccc2c1Cl. The van der Waals surface area contributed by atoms with E-state index in [1.807, 2.05) is 38.1 Å². The van der Waals surface area contributed by atoms with E-state index in [0.717, 1.165) is 15.6 Å². The fourth-order valence-corrected chi connectivity index (χ4v) is 5.62. The van der Waals surface area contributed by atoms with Gasteiger partial charge in [-0.2, -0.15) is 5.10 Å². The van der Waals surface area contributed by atoms with Gasteiger partial charge in [0.15, 0.2) is 11.5 Å². The highest BCUT2D eigenvalue weighted by atomic mass is 35.5. The lowest BCUT2D eigenvalue weighted by atomic mass is 10.1. The van der Waals surface area contributed by atoms with Crippen molar-refractivity contribution >= 4 is 62.7 Å². The first-order valence-electron chi connectivity index (χ1n) is 13.3. The average molecular weight is 612 g/mol. The Balaban J connectivity index is 1.22. The summed E-state index contributed by atoms with van der Waals surface area (Å²) >= 11 is 7.76. The highest BCUT2D eigenvalue weighted by Gasteiger charge is 2.21. The molecule has 1 aromatic heterocycles. The quantitative estimate of drug-likeness (QED) is 0.0777. The minimum Gasteiger partial charge on any atom is -0.490 e. The molecule has 0 spiro atoms. The Bertz CT molecular complexity index is 1840. The third kappa shape index (κ3) is 7.09. The van der Waals surface area contributed by atoms with E-state index in [0.29, 0.717) is 44.6 Å². The summed E-state index contributed by atoms with van der Waals surface area (Å²) in [5, 5.41) is 7.98. The molecule has 43 heavy (non-hydrogen) atoms. The van der Waals surface area contributed by atoms with Crippen LogP contribution in [0.15, 0.2) is 96.1 Å². The molecule has 4 aromatic carbocycles. The number of halogens is 1. The first kappa shape index (κ1) is 29.5. The van der Waals surface area contributed by atoms with E-state index in [4.69, 9.17) is 21.1 Å². The number of amides is 2. The van der Waals surface area contributed by atoms with E-state index in [2.05, 4.69) is 15.8 Å². The number of rotatable bonds is 9. The number of fused-ring (bicyclic) bond motifs is 1. The Morgan fingerprint density at radius 2 is 1.63 bits per heavy atom. The molecule has 216 valence electrons. The zero-order chi connectivity index (χ0) is 30.3. The molecule has 0 radical (unpaired) electrons. The number of nitrogens with zero attached hydrogens (tertiary/aromatic N) is 1. The minimum atomic E-state index is -0.580. The largest absolute Gasteiger partial charge is 0.490 e. The van der Waals surface area contributed by atoms with Crippen molar-refractivity contribution in [3.63, 3.8) is 0 Å². The molecule has 2 N–H and O–H groups in total. The fourth-order valence-electron chi connectivity index (χ4n) is 4.14. The number of anilines is 1. The van der Waals surface area contributed by atoms with Crippen LogP contribution in [0.4, 0.5) is 5.69 Å².